The van der Waals surface area contributed by atoms with Gasteiger partial charge in [0.05, 0.1) is 18.2 Å². The van der Waals surface area contributed by atoms with Crippen molar-refractivity contribution in [2.75, 3.05) is 6.54 Å². The number of benzene rings is 3. The van der Waals surface area contributed by atoms with E-state index in [-0.39, 0.29) is 6.54 Å². The molecule has 6 nitrogen and oxygen atoms in total. The van der Waals surface area contributed by atoms with Gasteiger partial charge in [0.25, 0.3) is 0 Å². The minimum Gasteiger partial charge on any atom is -0.390 e. The molecule has 1 aliphatic heterocycles. The number of carbonyl (C=O) groups excluding carboxylic acids is 2. The third-order valence-corrected chi connectivity index (χ3v) is 6.40. The fraction of sp³-hybridized carbons (Fsp3) is 0.259. The number of nitrogens with zero attached hydrogens (tertiary/aromatic N) is 1. The average Bonchev–Trinajstić information content (AvgIpc) is 3.20. The van der Waals surface area contributed by atoms with Crippen molar-refractivity contribution >= 4 is 11.8 Å². The first-order valence-corrected chi connectivity index (χ1v) is 11.5. The lowest BCUT2D eigenvalue weighted by molar-refractivity contribution is -0.141. The van der Waals surface area contributed by atoms with Crippen LogP contribution in [0, 0.1) is 17.5 Å². The molecule has 0 bridgehead atoms. The summed E-state index contributed by atoms with van der Waals surface area (Å²) >= 11 is 0. The molecule has 1 heterocycles. The SMILES string of the molecule is C[C@H](N)C(=O)N1C[C@H](c2ccc(F)cc2)[C@@H](O)[C@H]1C(=O)NC(c1ccc(F)cc1)c1ccc(F)cc1. The standard InChI is InChI=1S/C27H26F3N3O3/c1-15(31)27(36)33-14-22(16-2-8-19(28)9-3-16)25(34)24(33)26(35)32-23(17-4-10-20(29)11-5-17)18-6-12-21(30)13-7-18/h2-13,15,22-25,34H,14,31H2,1H3,(H,32,35)/t15-,22+,24-,25+/m0/s1. The highest BCUT2D eigenvalue weighted by Crippen LogP contribution is 2.34. The normalized spacial score (nSPS) is 20.4. The molecule has 0 unspecified atom stereocenters. The van der Waals surface area contributed by atoms with Gasteiger partial charge in [0.1, 0.15) is 23.5 Å². The summed E-state index contributed by atoms with van der Waals surface area (Å²) in [5.41, 5.74) is 7.41. The molecule has 9 heteroatoms. The Morgan fingerprint density at radius 1 is 0.889 bits per heavy atom. The van der Waals surface area contributed by atoms with Gasteiger partial charge in [-0.25, -0.2) is 13.2 Å². The molecule has 0 aliphatic carbocycles. The van der Waals surface area contributed by atoms with E-state index >= 15 is 0 Å². The number of aliphatic hydroxyl groups is 1. The highest BCUT2D eigenvalue weighted by molar-refractivity contribution is 5.91. The molecule has 188 valence electrons. The minimum absolute atomic E-state index is 0.00300. The van der Waals surface area contributed by atoms with Gasteiger partial charge in [-0.15, -0.1) is 0 Å². The number of halogens is 3. The van der Waals surface area contributed by atoms with E-state index in [1.165, 1.54) is 84.6 Å². The van der Waals surface area contributed by atoms with E-state index in [2.05, 4.69) is 5.32 Å². The van der Waals surface area contributed by atoms with Crippen molar-refractivity contribution in [2.24, 2.45) is 5.73 Å². The fourth-order valence-corrected chi connectivity index (χ4v) is 4.53. The molecule has 1 aliphatic rings. The maximum Gasteiger partial charge on any atom is 0.246 e. The lowest BCUT2D eigenvalue weighted by Gasteiger charge is -2.29. The smallest absolute Gasteiger partial charge is 0.246 e. The van der Waals surface area contributed by atoms with Crippen LogP contribution in [0.25, 0.3) is 0 Å². The summed E-state index contributed by atoms with van der Waals surface area (Å²) in [6.07, 6.45) is -1.31. The number of likely N-dealkylation sites (tertiary alicyclic amines) is 1. The molecule has 0 radical (unpaired) electrons. The lowest BCUT2D eigenvalue weighted by Crippen LogP contribution is -2.54. The van der Waals surface area contributed by atoms with Gasteiger partial charge >= 0.3 is 0 Å². The molecule has 1 fully saturated rings. The summed E-state index contributed by atoms with van der Waals surface area (Å²) in [6, 6.07) is 13.3. The first kappa shape index (κ1) is 25.4. The van der Waals surface area contributed by atoms with Crippen molar-refractivity contribution in [3.8, 4) is 0 Å². The second-order valence-corrected chi connectivity index (χ2v) is 8.92. The van der Waals surface area contributed by atoms with Crippen LogP contribution in [0.1, 0.15) is 35.6 Å². The average molecular weight is 498 g/mol. The van der Waals surface area contributed by atoms with Crippen LogP contribution in [-0.4, -0.2) is 46.6 Å². The van der Waals surface area contributed by atoms with Crippen LogP contribution in [0.2, 0.25) is 0 Å². The first-order chi connectivity index (χ1) is 17.2. The maximum atomic E-state index is 13.6. The third-order valence-electron chi connectivity index (χ3n) is 6.40. The van der Waals surface area contributed by atoms with E-state index in [4.69, 9.17) is 5.73 Å². The van der Waals surface area contributed by atoms with Gasteiger partial charge in [0.2, 0.25) is 11.8 Å². The van der Waals surface area contributed by atoms with E-state index in [1.807, 2.05) is 0 Å². The molecule has 4 rings (SSSR count). The van der Waals surface area contributed by atoms with Gasteiger partial charge in [-0.3, -0.25) is 9.59 Å². The highest BCUT2D eigenvalue weighted by atomic mass is 19.1. The molecule has 36 heavy (non-hydrogen) atoms. The third kappa shape index (κ3) is 5.27. The lowest BCUT2D eigenvalue weighted by atomic mass is 9.92. The Morgan fingerprint density at radius 2 is 1.33 bits per heavy atom. The first-order valence-electron chi connectivity index (χ1n) is 11.5. The Hall–Kier alpha value is -3.69. The van der Waals surface area contributed by atoms with E-state index < -0.39 is 59.4 Å². The molecule has 0 spiro atoms. The summed E-state index contributed by atoms with van der Waals surface area (Å²) in [7, 11) is 0. The summed E-state index contributed by atoms with van der Waals surface area (Å²) in [4.78, 5) is 27.7. The summed E-state index contributed by atoms with van der Waals surface area (Å²) < 4.78 is 40.6. The number of nitrogens with one attached hydrogen (secondary N) is 1. The Kier molecular flexibility index (Phi) is 7.42. The summed E-state index contributed by atoms with van der Waals surface area (Å²) in [6.45, 7) is 1.48. The van der Waals surface area contributed by atoms with Gasteiger partial charge in [-0.05, 0) is 60.0 Å². The number of rotatable bonds is 6. The number of nitrogens with two attached hydrogens (primary N) is 1. The Labute approximate surface area is 206 Å². The Balaban J connectivity index is 1.68. The van der Waals surface area contributed by atoms with Gasteiger partial charge in [-0.1, -0.05) is 36.4 Å². The summed E-state index contributed by atoms with van der Waals surface area (Å²) in [5, 5.41) is 14.0. The molecule has 3 aromatic rings. The van der Waals surface area contributed by atoms with Crippen molar-refractivity contribution in [2.45, 2.75) is 37.1 Å². The molecule has 4 atom stereocenters. The van der Waals surface area contributed by atoms with Crippen LogP contribution in [0.4, 0.5) is 13.2 Å². The predicted molar refractivity (Wildman–Crippen MR) is 127 cm³/mol. The van der Waals surface area contributed by atoms with Crippen LogP contribution in [0.3, 0.4) is 0 Å². The highest BCUT2D eigenvalue weighted by Gasteiger charge is 2.48. The number of aliphatic hydroxyl groups excluding tert-OH is 1. The minimum atomic E-state index is -1.31. The van der Waals surface area contributed by atoms with Crippen molar-refractivity contribution in [3.63, 3.8) is 0 Å². The van der Waals surface area contributed by atoms with Crippen molar-refractivity contribution in [1.82, 2.24) is 10.2 Å². The van der Waals surface area contributed by atoms with Crippen LogP contribution in [0.5, 0.6) is 0 Å². The number of amides is 2. The number of hydrogen-bond donors (Lipinski definition) is 3. The maximum absolute atomic E-state index is 13.6. The zero-order valence-corrected chi connectivity index (χ0v) is 19.4. The van der Waals surface area contributed by atoms with E-state index in [0.29, 0.717) is 16.7 Å². The van der Waals surface area contributed by atoms with Crippen LogP contribution in [-0.2, 0) is 9.59 Å². The Bertz CT molecular complexity index is 1170. The van der Waals surface area contributed by atoms with Crippen LogP contribution in [0.15, 0.2) is 72.8 Å². The number of carbonyl (C=O) groups is 2. The van der Waals surface area contributed by atoms with Gasteiger partial charge < -0.3 is 21.1 Å². The molecule has 2 amide bonds. The van der Waals surface area contributed by atoms with Gasteiger partial charge in [0.15, 0.2) is 0 Å². The molecular formula is C27H26F3N3O3. The Morgan fingerprint density at radius 3 is 1.78 bits per heavy atom. The zero-order chi connectivity index (χ0) is 26.0. The van der Waals surface area contributed by atoms with Crippen molar-refractivity contribution < 1.29 is 27.9 Å². The van der Waals surface area contributed by atoms with Gasteiger partial charge in [-0.2, -0.15) is 0 Å². The van der Waals surface area contributed by atoms with Gasteiger partial charge in [0, 0.05) is 12.5 Å². The summed E-state index contributed by atoms with van der Waals surface area (Å²) in [5.74, 6) is -3.24. The van der Waals surface area contributed by atoms with Crippen molar-refractivity contribution in [3.05, 3.63) is 107 Å². The van der Waals surface area contributed by atoms with E-state index in [9.17, 15) is 27.9 Å². The second kappa shape index (κ2) is 10.5. The van der Waals surface area contributed by atoms with Crippen LogP contribution >= 0.6 is 0 Å². The monoisotopic (exact) mass is 497 g/mol. The van der Waals surface area contributed by atoms with Crippen LogP contribution < -0.4 is 11.1 Å². The van der Waals surface area contributed by atoms with E-state index in [1.54, 1.807) is 0 Å². The topological polar surface area (TPSA) is 95.7 Å². The molecular weight excluding hydrogens is 471 g/mol. The molecule has 3 aromatic carbocycles. The second-order valence-electron chi connectivity index (χ2n) is 8.92. The van der Waals surface area contributed by atoms with Crippen molar-refractivity contribution in [1.29, 1.82) is 0 Å². The predicted octanol–water partition coefficient (Wildman–Crippen LogP) is 3.01. The molecule has 0 aromatic heterocycles. The quantitative estimate of drug-likeness (QED) is 0.488. The van der Waals surface area contributed by atoms with E-state index in [0.717, 1.165) is 0 Å². The molecule has 1 saturated heterocycles. The largest absolute Gasteiger partial charge is 0.390 e. The molecule has 0 saturated carbocycles. The zero-order valence-electron chi connectivity index (χ0n) is 19.4. The number of hydrogen-bond acceptors (Lipinski definition) is 4. The molecule has 4 N–H and O–H groups in total. The fourth-order valence-electron chi connectivity index (χ4n) is 4.53.